The van der Waals surface area contributed by atoms with Gasteiger partial charge < -0.3 is 4.42 Å². The van der Waals surface area contributed by atoms with E-state index < -0.39 is 0 Å². The maximum atomic E-state index is 5.91. The van der Waals surface area contributed by atoms with Crippen LogP contribution in [0.25, 0.3) is 22.6 Å². The number of rotatable bonds is 1. The Morgan fingerprint density at radius 2 is 1.72 bits per heavy atom. The van der Waals surface area contributed by atoms with E-state index in [9.17, 15) is 0 Å². The van der Waals surface area contributed by atoms with Crippen molar-refractivity contribution in [2.45, 2.75) is 20.8 Å². The van der Waals surface area contributed by atoms with Gasteiger partial charge in [-0.2, -0.15) is 0 Å². The van der Waals surface area contributed by atoms with Gasteiger partial charge >= 0.3 is 0 Å². The Kier molecular flexibility index (Phi) is 2.44. The van der Waals surface area contributed by atoms with Crippen molar-refractivity contribution in [2.75, 3.05) is 0 Å². The van der Waals surface area contributed by atoms with Crippen LogP contribution in [-0.4, -0.2) is 4.98 Å². The second-order valence-corrected chi connectivity index (χ2v) is 4.76. The highest BCUT2D eigenvalue weighted by Gasteiger charge is 2.11. The summed E-state index contributed by atoms with van der Waals surface area (Å²) < 4.78 is 5.91. The molecular weight excluding hydrogens is 222 g/mol. The van der Waals surface area contributed by atoms with E-state index in [-0.39, 0.29) is 0 Å². The minimum atomic E-state index is 0.705. The van der Waals surface area contributed by atoms with Gasteiger partial charge in [0.05, 0.1) is 0 Å². The number of fused-ring (bicyclic) bond motifs is 1. The molecule has 3 rings (SSSR count). The second-order valence-electron chi connectivity index (χ2n) is 4.76. The molecule has 2 aromatic carbocycles. The number of nitrogens with zero attached hydrogens (tertiary/aromatic N) is 1. The normalized spacial score (nSPS) is 11.1. The SMILES string of the molecule is Cc1cc(C)c2oc(-c3ccccc3C)nc2c1. The van der Waals surface area contributed by atoms with Crippen molar-refractivity contribution in [3.8, 4) is 11.5 Å². The molecule has 1 heterocycles. The zero-order valence-corrected chi connectivity index (χ0v) is 10.8. The largest absolute Gasteiger partial charge is 0.436 e. The summed E-state index contributed by atoms with van der Waals surface area (Å²) in [6.45, 7) is 6.21. The van der Waals surface area contributed by atoms with Gasteiger partial charge in [0.1, 0.15) is 5.52 Å². The lowest BCUT2D eigenvalue weighted by molar-refractivity contribution is 0.617. The first-order valence-corrected chi connectivity index (χ1v) is 6.09. The van der Waals surface area contributed by atoms with E-state index in [1.807, 2.05) is 18.2 Å². The van der Waals surface area contributed by atoms with Crippen molar-refractivity contribution < 1.29 is 4.42 Å². The summed E-state index contributed by atoms with van der Waals surface area (Å²) in [6.07, 6.45) is 0. The molecule has 2 nitrogen and oxygen atoms in total. The van der Waals surface area contributed by atoms with E-state index in [0.29, 0.717) is 5.89 Å². The molecule has 18 heavy (non-hydrogen) atoms. The van der Waals surface area contributed by atoms with Gasteiger partial charge in [0, 0.05) is 5.56 Å². The summed E-state index contributed by atoms with van der Waals surface area (Å²) in [4.78, 5) is 4.60. The standard InChI is InChI=1S/C16H15NO/c1-10-8-12(3)15-14(9-10)17-16(18-15)13-7-5-4-6-11(13)2/h4-9H,1-3H3. The predicted molar refractivity (Wildman–Crippen MR) is 73.7 cm³/mol. The molecule has 0 spiro atoms. The van der Waals surface area contributed by atoms with E-state index in [4.69, 9.17) is 4.42 Å². The minimum Gasteiger partial charge on any atom is -0.436 e. The van der Waals surface area contributed by atoms with E-state index in [0.717, 1.165) is 22.2 Å². The zero-order chi connectivity index (χ0) is 12.7. The lowest BCUT2D eigenvalue weighted by Gasteiger charge is -1.99. The van der Waals surface area contributed by atoms with Gasteiger partial charge in [0.15, 0.2) is 5.58 Å². The van der Waals surface area contributed by atoms with Crippen LogP contribution in [0, 0.1) is 20.8 Å². The quantitative estimate of drug-likeness (QED) is 0.626. The first kappa shape index (κ1) is 11.0. The van der Waals surface area contributed by atoms with Crippen LogP contribution in [0.3, 0.4) is 0 Å². The Bertz CT molecular complexity index is 725. The maximum absolute atomic E-state index is 5.91. The Hall–Kier alpha value is -2.09. The molecule has 90 valence electrons. The highest BCUT2D eigenvalue weighted by atomic mass is 16.3. The molecule has 3 aromatic rings. The minimum absolute atomic E-state index is 0.705. The number of oxazole rings is 1. The molecule has 1 aromatic heterocycles. The van der Waals surface area contributed by atoms with E-state index in [2.05, 4.69) is 44.0 Å². The average Bonchev–Trinajstić information content (AvgIpc) is 2.73. The molecule has 0 aliphatic carbocycles. The third kappa shape index (κ3) is 1.70. The third-order valence-electron chi connectivity index (χ3n) is 3.20. The number of aromatic nitrogens is 1. The molecule has 0 N–H and O–H groups in total. The Balaban J connectivity index is 2.26. The fourth-order valence-electron chi connectivity index (χ4n) is 2.30. The molecule has 0 aliphatic rings. The Morgan fingerprint density at radius 3 is 2.50 bits per heavy atom. The summed E-state index contributed by atoms with van der Waals surface area (Å²) in [6, 6.07) is 12.3. The molecular formula is C16H15NO. The van der Waals surface area contributed by atoms with Crippen molar-refractivity contribution in [1.29, 1.82) is 0 Å². The molecule has 0 radical (unpaired) electrons. The molecule has 0 unspecified atom stereocenters. The van der Waals surface area contributed by atoms with Crippen LogP contribution in [-0.2, 0) is 0 Å². The van der Waals surface area contributed by atoms with Gasteiger partial charge in [-0.25, -0.2) is 4.98 Å². The van der Waals surface area contributed by atoms with Gasteiger partial charge in [-0.1, -0.05) is 24.3 Å². The number of hydrogen-bond acceptors (Lipinski definition) is 2. The fourth-order valence-corrected chi connectivity index (χ4v) is 2.30. The van der Waals surface area contributed by atoms with E-state index in [1.54, 1.807) is 0 Å². The van der Waals surface area contributed by atoms with Crippen molar-refractivity contribution >= 4 is 11.1 Å². The van der Waals surface area contributed by atoms with Gasteiger partial charge in [0.25, 0.3) is 0 Å². The average molecular weight is 237 g/mol. The lowest BCUT2D eigenvalue weighted by Crippen LogP contribution is -1.81. The van der Waals surface area contributed by atoms with Crippen LogP contribution in [0.2, 0.25) is 0 Å². The van der Waals surface area contributed by atoms with Crippen LogP contribution >= 0.6 is 0 Å². The van der Waals surface area contributed by atoms with Crippen LogP contribution in [0.5, 0.6) is 0 Å². The lowest BCUT2D eigenvalue weighted by atomic mass is 10.1. The number of aryl methyl sites for hydroxylation is 3. The summed E-state index contributed by atoms with van der Waals surface area (Å²) >= 11 is 0. The van der Waals surface area contributed by atoms with Crippen molar-refractivity contribution in [3.05, 3.63) is 53.1 Å². The first-order valence-electron chi connectivity index (χ1n) is 6.09. The topological polar surface area (TPSA) is 26.0 Å². The van der Waals surface area contributed by atoms with Gasteiger partial charge in [-0.15, -0.1) is 0 Å². The van der Waals surface area contributed by atoms with E-state index in [1.165, 1.54) is 11.1 Å². The molecule has 0 aliphatic heterocycles. The first-order chi connectivity index (χ1) is 8.65. The monoisotopic (exact) mass is 237 g/mol. The Morgan fingerprint density at radius 1 is 0.944 bits per heavy atom. The van der Waals surface area contributed by atoms with E-state index >= 15 is 0 Å². The van der Waals surface area contributed by atoms with Crippen molar-refractivity contribution in [1.82, 2.24) is 4.98 Å². The van der Waals surface area contributed by atoms with Crippen molar-refractivity contribution in [3.63, 3.8) is 0 Å². The van der Waals surface area contributed by atoms with Crippen molar-refractivity contribution in [2.24, 2.45) is 0 Å². The molecule has 0 saturated carbocycles. The summed E-state index contributed by atoms with van der Waals surface area (Å²) in [5.74, 6) is 0.705. The highest BCUT2D eigenvalue weighted by molar-refractivity contribution is 5.80. The summed E-state index contributed by atoms with van der Waals surface area (Å²) in [5.41, 5.74) is 6.41. The zero-order valence-electron chi connectivity index (χ0n) is 10.8. The molecule has 0 amide bonds. The molecule has 2 heteroatoms. The van der Waals surface area contributed by atoms with Gasteiger partial charge in [0.2, 0.25) is 5.89 Å². The van der Waals surface area contributed by atoms with Gasteiger partial charge in [-0.05, 0) is 49.6 Å². The van der Waals surface area contributed by atoms with Crippen LogP contribution in [0.1, 0.15) is 16.7 Å². The summed E-state index contributed by atoms with van der Waals surface area (Å²) in [7, 11) is 0. The van der Waals surface area contributed by atoms with Crippen LogP contribution < -0.4 is 0 Å². The third-order valence-corrected chi connectivity index (χ3v) is 3.20. The van der Waals surface area contributed by atoms with Gasteiger partial charge in [-0.3, -0.25) is 0 Å². The van der Waals surface area contributed by atoms with Crippen LogP contribution in [0.15, 0.2) is 40.8 Å². The predicted octanol–water partition coefficient (Wildman–Crippen LogP) is 4.42. The molecule has 0 atom stereocenters. The molecule has 0 bridgehead atoms. The Labute approximate surface area is 106 Å². The molecule has 0 saturated heterocycles. The maximum Gasteiger partial charge on any atom is 0.227 e. The second kappa shape index (κ2) is 3.98. The highest BCUT2D eigenvalue weighted by Crippen LogP contribution is 2.28. The fraction of sp³-hybridized carbons (Fsp3) is 0.188. The smallest absolute Gasteiger partial charge is 0.227 e. The summed E-state index contributed by atoms with van der Waals surface area (Å²) in [5, 5.41) is 0. The number of benzene rings is 2. The molecule has 0 fully saturated rings. The number of hydrogen-bond donors (Lipinski definition) is 0. The van der Waals surface area contributed by atoms with Crippen LogP contribution in [0.4, 0.5) is 0 Å².